The summed E-state index contributed by atoms with van der Waals surface area (Å²) in [6.45, 7) is 7.26. The highest BCUT2D eigenvalue weighted by Crippen LogP contribution is 2.29. The van der Waals surface area contributed by atoms with Crippen LogP contribution in [-0.2, 0) is 4.79 Å². The van der Waals surface area contributed by atoms with Gasteiger partial charge in [-0.3, -0.25) is 9.59 Å². The van der Waals surface area contributed by atoms with Gasteiger partial charge in [0.2, 0.25) is 5.91 Å². The maximum atomic E-state index is 12.5. The Balaban J connectivity index is 2.11. The number of hydrogen-bond donors (Lipinski definition) is 2. The number of benzene rings is 1. The van der Waals surface area contributed by atoms with Gasteiger partial charge in [-0.15, -0.1) is 11.3 Å². The Bertz CT molecular complexity index is 860. The third-order valence-electron chi connectivity index (χ3n) is 3.44. The topological polar surface area (TPSA) is 91.2 Å². The molecule has 6 nitrogen and oxygen atoms in total. The highest BCUT2D eigenvalue weighted by molar-refractivity contribution is 7.18. The molecule has 1 aromatic carbocycles. The molecule has 2 rings (SSSR count). The molecule has 0 aliphatic heterocycles. The molecule has 136 valence electrons. The third-order valence-corrected chi connectivity index (χ3v) is 4.59. The molecule has 0 saturated carbocycles. The van der Waals surface area contributed by atoms with Gasteiger partial charge in [0, 0.05) is 17.2 Å². The van der Waals surface area contributed by atoms with E-state index in [0.717, 1.165) is 5.56 Å². The molecule has 0 fully saturated rings. The van der Waals surface area contributed by atoms with Crippen molar-refractivity contribution >= 4 is 33.8 Å². The Morgan fingerprint density at radius 2 is 1.96 bits per heavy atom. The van der Waals surface area contributed by atoms with E-state index in [9.17, 15) is 9.59 Å². The highest BCUT2D eigenvalue weighted by Gasteiger charge is 2.23. The smallest absolute Gasteiger partial charge is 0.266 e. The first-order chi connectivity index (χ1) is 12.2. The molecule has 26 heavy (non-hydrogen) atoms. The summed E-state index contributed by atoms with van der Waals surface area (Å²) in [5.41, 5.74) is 0.844. The molecule has 7 heteroatoms. The second-order valence-electron chi connectivity index (χ2n) is 6.76. The van der Waals surface area contributed by atoms with Crippen molar-refractivity contribution in [3.8, 4) is 11.8 Å². The molecule has 0 atom stereocenters. The van der Waals surface area contributed by atoms with E-state index in [1.807, 2.05) is 33.8 Å². The van der Waals surface area contributed by atoms with Gasteiger partial charge in [0.05, 0.1) is 9.88 Å². The summed E-state index contributed by atoms with van der Waals surface area (Å²) in [5.74, 6) is 0.139. The fourth-order valence-electron chi connectivity index (χ4n) is 2.04. The van der Waals surface area contributed by atoms with Crippen molar-refractivity contribution in [2.75, 3.05) is 17.2 Å². The summed E-state index contributed by atoms with van der Waals surface area (Å²) in [6, 6.07) is 10.5. The molecule has 2 aromatic rings. The summed E-state index contributed by atoms with van der Waals surface area (Å²) in [7, 11) is 0. The van der Waals surface area contributed by atoms with Gasteiger partial charge in [-0.1, -0.05) is 26.8 Å². The van der Waals surface area contributed by atoms with Crippen molar-refractivity contribution < 1.29 is 14.3 Å². The Hall–Kier alpha value is -2.85. The van der Waals surface area contributed by atoms with Crippen LogP contribution >= 0.6 is 11.3 Å². The average molecular weight is 371 g/mol. The molecule has 1 aromatic heterocycles. The molecule has 0 unspecified atom stereocenters. The van der Waals surface area contributed by atoms with Gasteiger partial charge in [-0.05, 0) is 30.7 Å². The number of amides is 2. The number of thiophene rings is 1. The van der Waals surface area contributed by atoms with Gasteiger partial charge in [-0.2, -0.15) is 5.26 Å². The van der Waals surface area contributed by atoms with Crippen molar-refractivity contribution in [3.63, 3.8) is 0 Å². The van der Waals surface area contributed by atoms with Gasteiger partial charge in [0.25, 0.3) is 5.91 Å². The molecule has 0 aliphatic carbocycles. The van der Waals surface area contributed by atoms with Gasteiger partial charge < -0.3 is 15.4 Å². The Kier molecular flexibility index (Phi) is 6.01. The van der Waals surface area contributed by atoms with E-state index in [-0.39, 0.29) is 18.4 Å². The molecule has 2 amide bonds. The van der Waals surface area contributed by atoms with Crippen LogP contribution in [0.25, 0.3) is 0 Å². The number of anilines is 2. The van der Waals surface area contributed by atoms with Crippen molar-refractivity contribution in [2.45, 2.75) is 27.7 Å². The Labute approximate surface area is 156 Å². The van der Waals surface area contributed by atoms with Crippen LogP contribution in [0.3, 0.4) is 0 Å². The molecule has 0 spiro atoms. The largest absolute Gasteiger partial charge is 0.479 e. The zero-order chi connectivity index (χ0) is 19.3. The molecule has 0 radical (unpaired) electrons. The Morgan fingerprint density at radius 1 is 1.23 bits per heavy atom. The highest BCUT2D eigenvalue weighted by atomic mass is 32.1. The standard InChI is InChI=1S/C19H21N3O3S/c1-12-10-15(22-18(24)19(2,3)4)26-16(12)17(23)21-13-6-5-7-14(11-13)25-9-8-20/h5-7,10-11H,9H2,1-4H3,(H,21,23)(H,22,24). The second-order valence-corrected chi connectivity index (χ2v) is 7.81. The molecule has 0 bridgehead atoms. The number of nitriles is 1. The molecule has 1 heterocycles. The monoisotopic (exact) mass is 371 g/mol. The first-order valence-electron chi connectivity index (χ1n) is 8.04. The predicted octanol–water partition coefficient (Wildman–Crippen LogP) is 4.20. The maximum Gasteiger partial charge on any atom is 0.266 e. The quantitative estimate of drug-likeness (QED) is 0.824. The zero-order valence-corrected chi connectivity index (χ0v) is 16.0. The number of ether oxygens (including phenoxy) is 1. The van der Waals surface area contributed by atoms with Gasteiger partial charge in [0.15, 0.2) is 6.61 Å². The number of carbonyl (C=O) groups excluding carboxylic acids is 2. The lowest BCUT2D eigenvalue weighted by Gasteiger charge is -2.16. The number of rotatable bonds is 5. The van der Waals surface area contributed by atoms with E-state index in [4.69, 9.17) is 10.00 Å². The van der Waals surface area contributed by atoms with E-state index in [1.165, 1.54) is 11.3 Å². The summed E-state index contributed by atoms with van der Waals surface area (Å²) < 4.78 is 5.23. The normalized spacial score (nSPS) is 10.7. The minimum absolute atomic E-state index is 0.0573. The van der Waals surface area contributed by atoms with Crippen molar-refractivity contribution in [1.29, 1.82) is 5.26 Å². The third kappa shape index (κ3) is 5.07. The van der Waals surface area contributed by atoms with Crippen molar-refractivity contribution in [2.24, 2.45) is 5.41 Å². The Morgan fingerprint density at radius 3 is 2.62 bits per heavy atom. The van der Waals surface area contributed by atoms with Crippen LogP contribution in [0.15, 0.2) is 30.3 Å². The second kappa shape index (κ2) is 8.02. The lowest BCUT2D eigenvalue weighted by molar-refractivity contribution is -0.123. The van der Waals surface area contributed by atoms with Crippen LogP contribution in [0, 0.1) is 23.7 Å². The van der Waals surface area contributed by atoms with Crippen LogP contribution < -0.4 is 15.4 Å². The first kappa shape index (κ1) is 19.5. The summed E-state index contributed by atoms with van der Waals surface area (Å²) in [6.07, 6.45) is 0. The van der Waals surface area contributed by atoms with E-state index < -0.39 is 5.41 Å². The van der Waals surface area contributed by atoms with Crippen LogP contribution in [0.1, 0.15) is 36.0 Å². The van der Waals surface area contributed by atoms with Crippen LogP contribution in [0.2, 0.25) is 0 Å². The molecule has 0 aliphatic rings. The summed E-state index contributed by atoms with van der Waals surface area (Å²) >= 11 is 1.23. The molecule has 0 saturated heterocycles. The number of nitrogens with zero attached hydrogens (tertiary/aromatic N) is 1. The van der Waals surface area contributed by atoms with Crippen LogP contribution in [0.4, 0.5) is 10.7 Å². The minimum Gasteiger partial charge on any atom is -0.479 e. The van der Waals surface area contributed by atoms with Gasteiger partial charge in [-0.25, -0.2) is 0 Å². The molecular weight excluding hydrogens is 350 g/mol. The minimum atomic E-state index is -0.510. The average Bonchev–Trinajstić information content (AvgIpc) is 2.93. The van der Waals surface area contributed by atoms with E-state index in [1.54, 1.807) is 30.3 Å². The number of carbonyl (C=O) groups is 2. The molecule has 2 N–H and O–H groups in total. The fraction of sp³-hybridized carbons (Fsp3) is 0.316. The lowest BCUT2D eigenvalue weighted by Crippen LogP contribution is -2.27. The number of aryl methyl sites for hydroxylation is 1. The van der Waals surface area contributed by atoms with Crippen molar-refractivity contribution in [1.82, 2.24) is 0 Å². The zero-order valence-electron chi connectivity index (χ0n) is 15.2. The number of nitrogens with one attached hydrogen (secondary N) is 2. The maximum absolute atomic E-state index is 12.5. The SMILES string of the molecule is Cc1cc(NC(=O)C(C)(C)C)sc1C(=O)Nc1cccc(OCC#N)c1. The van der Waals surface area contributed by atoms with Gasteiger partial charge >= 0.3 is 0 Å². The first-order valence-corrected chi connectivity index (χ1v) is 8.85. The molecular formula is C19H21N3O3S. The predicted molar refractivity (Wildman–Crippen MR) is 103 cm³/mol. The van der Waals surface area contributed by atoms with E-state index in [2.05, 4.69) is 10.6 Å². The van der Waals surface area contributed by atoms with Crippen LogP contribution in [0.5, 0.6) is 5.75 Å². The summed E-state index contributed by atoms with van der Waals surface area (Å²) in [4.78, 5) is 25.2. The van der Waals surface area contributed by atoms with Gasteiger partial charge in [0.1, 0.15) is 11.8 Å². The number of hydrogen-bond acceptors (Lipinski definition) is 5. The van der Waals surface area contributed by atoms with E-state index in [0.29, 0.717) is 21.3 Å². The summed E-state index contributed by atoms with van der Waals surface area (Å²) in [5, 5.41) is 14.9. The van der Waals surface area contributed by atoms with Crippen molar-refractivity contribution in [3.05, 3.63) is 40.8 Å². The van der Waals surface area contributed by atoms with E-state index >= 15 is 0 Å². The van der Waals surface area contributed by atoms with Crippen LogP contribution in [-0.4, -0.2) is 18.4 Å². The fourth-order valence-corrected chi connectivity index (χ4v) is 3.00. The lowest BCUT2D eigenvalue weighted by atomic mass is 9.96.